The van der Waals surface area contributed by atoms with Crippen LogP contribution in [-0.4, -0.2) is 15.8 Å². The van der Waals surface area contributed by atoms with Crippen molar-refractivity contribution in [3.8, 4) is 11.3 Å². The van der Waals surface area contributed by atoms with Crippen LogP contribution >= 0.6 is 0 Å². The van der Waals surface area contributed by atoms with Gasteiger partial charge in [-0.3, -0.25) is 4.79 Å². The third-order valence-electron chi connectivity index (χ3n) is 2.82. The van der Waals surface area contributed by atoms with Crippen LogP contribution in [-0.2, 0) is 6.42 Å². The molecule has 2 rings (SSSR count). The highest BCUT2D eigenvalue weighted by Crippen LogP contribution is 2.19. The number of H-pyrrole nitrogens is 1. The molecule has 1 aromatic carbocycles. The fourth-order valence-corrected chi connectivity index (χ4v) is 1.94. The van der Waals surface area contributed by atoms with Gasteiger partial charge in [-0.25, -0.2) is 4.98 Å². The number of imidazole rings is 1. The third-order valence-corrected chi connectivity index (χ3v) is 2.82. The fourth-order valence-electron chi connectivity index (χ4n) is 1.94. The number of nitrogens with one attached hydrogen (secondary N) is 1. The number of carbonyl (C=O) groups excluding carboxylic acids is 1. The molecular formula is C15H18N2O. The van der Waals surface area contributed by atoms with Crippen molar-refractivity contribution in [3.05, 3.63) is 41.9 Å². The van der Waals surface area contributed by atoms with Crippen LogP contribution in [0.25, 0.3) is 11.3 Å². The molecule has 3 nitrogen and oxygen atoms in total. The van der Waals surface area contributed by atoms with E-state index in [1.165, 1.54) is 12.5 Å². The summed E-state index contributed by atoms with van der Waals surface area (Å²) in [5.74, 6) is 1.03. The highest BCUT2D eigenvalue weighted by Gasteiger charge is 2.06. The van der Waals surface area contributed by atoms with Crippen molar-refractivity contribution in [2.24, 2.45) is 5.92 Å². The summed E-state index contributed by atoms with van der Waals surface area (Å²) in [7, 11) is 0. The Morgan fingerprint density at radius 3 is 2.44 bits per heavy atom. The lowest BCUT2D eigenvalue weighted by molar-refractivity contribution is 0.100. The van der Waals surface area contributed by atoms with Gasteiger partial charge in [0.05, 0.1) is 11.9 Å². The van der Waals surface area contributed by atoms with Crippen LogP contribution in [0.3, 0.4) is 0 Å². The van der Waals surface area contributed by atoms with Gasteiger partial charge in [-0.15, -0.1) is 0 Å². The van der Waals surface area contributed by atoms with E-state index in [4.69, 9.17) is 0 Å². The van der Waals surface area contributed by atoms with E-state index < -0.39 is 0 Å². The summed E-state index contributed by atoms with van der Waals surface area (Å²) in [5.41, 5.74) is 3.28. The Bertz CT molecular complexity index is 538. The lowest BCUT2D eigenvalue weighted by Gasteiger charge is -2.05. The van der Waals surface area contributed by atoms with Gasteiger partial charge in [-0.2, -0.15) is 0 Å². The summed E-state index contributed by atoms with van der Waals surface area (Å²) in [5, 5.41) is 0. The molecule has 2 aromatic rings. The van der Waals surface area contributed by atoms with E-state index in [0.717, 1.165) is 17.7 Å². The second-order valence-corrected chi connectivity index (χ2v) is 5.00. The van der Waals surface area contributed by atoms with E-state index in [1.807, 2.05) is 0 Å². The van der Waals surface area contributed by atoms with Gasteiger partial charge in [0.15, 0.2) is 11.6 Å². The van der Waals surface area contributed by atoms with Gasteiger partial charge in [0.2, 0.25) is 0 Å². The summed E-state index contributed by atoms with van der Waals surface area (Å²) < 4.78 is 0. The molecule has 3 heteroatoms. The molecule has 1 N–H and O–H groups in total. The number of carbonyl (C=O) groups is 1. The van der Waals surface area contributed by atoms with Crippen LogP contribution in [0.5, 0.6) is 0 Å². The van der Waals surface area contributed by atoms with E-state index >= 15 is 0 Å². The lowest BCUT2D eigenvalue weighted by Crippen LogP contribution is -1.94. The van der Waals surface area contributed by atoms with Crippen molar-refractivity contribution in [2.45, 2.75) is 27.2 Å². The van der Waals surface area contributed by atoms with Crippen LogP contribution in [0, 0.1) is 5.92 Å². The summed E-state index contributed by atoms with van der Waals surface area (Å²) in [6, 6.07) is 8.39. The van der Waals surface area contributed by atoms with Gasteiger partial charge in [0, 0.05) is 6.92 Å². The molecule has 0 aliphatic rings. The van der Waals surface area contributed by atoms with Gasteiger partial charge in [0.25, 0.3) is 0 Å². The van der Waals surface area contributed by atoms with Gasteiger partial charge in [-0.05, 0) is 23.5 Å². The molecule has 0 aliphatic carbocycles. The van der Waals surface area contributed by atoms with Crippen molar-refractivity contribution in [1.82, 2.24) is 9.97 Å². The predicted octanol–water partition coefficient (Wildman–Crippen LogP) is 3.48. The first kappa shape index (κ1) is 12.6. The minimum absolute atomic E-state index is 0.0438. The van der Waals surface area contributed by atoms with Crippen molar-refractivity contribution < 1.29 is 4.79 Å². The van der Waals surface area contributed by atoms with Crippen LogP contribution < -0.4 is 0 Å². The maximum atomic E-state index is 11.2. The zero-order valence-corrected chi connectivity index (χ0v) is 11.0. The number of hydrogen-bond donors (Lipinski definition) is 1. The Kier molecular flexibility index (Phi) is 3.60. The predicted molar refractivity (Wildman–Crippen MR) is 72.6 cm³/mol. The Balaban J connectivity index is 2.20. The Morgan fingerprint density at radius 1 is 1.28 bits per heavy atom. The molecule has 1 aromatic heterocycles. The standard InChI is InChI=1S/C15H18N2O/c1-10(2)8-12-4-6-13(7-5-12)14-9-16-15(17-14)11(3)18/h4-7,9-10H,8H2,1-3H3,(H,16,17). The average molecular weight is 242 g/mol. The Hall–Kier alpha value is -1.90. The van der Waals surface area contributed by atoms with Crippen LogP contribution in [0.2, 0.25) is 0 Å². The van der Waals surface area contributed by atoms with Crippen molar-refractivity contribution in [3.63, 3.8) is 0 Å². The van der Waals surface area contributed by atoms with Gasteiger partial charge in [0.1, 0.15) is 0 Å². The number of hydrogen-bond acceptors (Lipinski definition) is 2. The SMILES string of the molecule is CC(=O)c1ncc(-c2ccc(CC(C)C)cc2)[nH]1. The largest absolute Gasteiger partial charge is 0.336 e. The average Bonchev–Trinajstić information content (AvgIpc) is 2.78. The van der Waals surface area contributed by atoms with E-state index in [2.05, 4.69) is 48.1 Å². The zero-order chi connectivity index (χ0) is 13.1. The van der Waals surface area contributed by atoms with Crippen molar-refractivity contribution in [1.29, 1.82) is 0 Å². The number of aromatic amines is 1. The normalized spacial score (nSPS) is 10.9. The molecule has 0 saturated carbocycles. The van der Waals surface area contributed by atoms with Gasteiger partial charge in [-0.1, -0.05) is 38.1 Å². The number of benzene rings is 1. The monoisotopic (exact) mass is 242 g/mol. The molecule has 1 heterocycles. The molecule has 18 heavy (non-hydrogen) atoms. The molecule has 0 spiro atoms. The first-order valence-electron chi connectivity index (χ1n) is 6.21. The molecule has 0 saturated heterocycles. The summed E-state index contributed by atoms with van der Waals surface area (Å²) >= 11 is 0. The second kappa shape index (κ2) is 5.17. The van der Waals surface area contributed by atoms with Crippen LogP contribution in [0.4, 0.5) is 0 Å². The first-order chi connectivity index (χ1) is 8.56. The van der Waals surface area contributed by atoms with Crippen molar-refractivity contribution >= 4 is 5.78 Å². The van der Waals surface area contributed by atoms with Crippen molar-refractivity contribution in [2.75, 3.05) is 0 Å². The second-order valence-electron chi connectivity index (χ2n) is 5.00. The van der Waals surface area contributed by atoms with Crippen LogP contribution in [0.1, 0.15) is 37.0 Å². The fraction of sp³-hybridized carbons (Fsp3) is 0.333. The van der Waals surface area contributed by atoms with E-state index in [0.29, 0.717) is 11.7 Å². The number of ketones is 1. The summed E-state index contributed by atoms with van der Waals surface area (Å²) in [6.45, 7) is 5.93. The highest BCUT2D eigenvalue weighted by molar-refractivity contribution is 5.91. The number of aromatic nitrogens is 2. The van der Waals surface area contributed by atoms with Gasteiger partial charge >= 0.3 is 0 Å². The first-order valence-corrected chi connectivity index (χ1v) is 6.21. The highest BCUT2D eigenvalue weighted by atomic mass is 16.1. The van der Waals surface area contributed by atoms with Gasteiger partial charge < -0.3 is 4.98 Å². The number of Topliss-reactive ketones (excluding diaryl/α,β-unsaturated/α-hetero) is 1. The summed E-state index contributed by atoms with van der Waals surface area (Å²) in [6.07, 6.45) is 2.79. The Morgan fingerprint density at radius 2 is 1.94 bits per heavy atom. The van der Waals surface area contributed by atoms with Crippen LogP contribution in [0.15, 0.2) is 30.5 Å². The maximum absolute atomic E-state index is 11.2. The smallest absolute Gasteiger partial charge is 0.194 e. The molecule has 0 fully saturated rings. The lowest BCUT2D eigenvalue weighted by atomic mass is 10.0. The topological polar surface area (TPSA) is 45.8 Å². The Labute approximate surface area is 107 Å². The van der Waals surface area contributed by atoms with E-state index in [-0.39, 0.29) is 5.78 Å². The molecule has 0 atom stereocenters. The van der Waals surface area contributed by atoms with E-state index in [1.54, 1.807) is 6.20 Å². The molecule has 0 aliphatic heterocycles. The quantitative estimate of drug-likeness (QED) is 0.834. The molecule has 94 valence electrons. The zero-order valence-electron chi connectivity index (χ0n) is 11.0. The molecule has 0 unspecified atom stereocenters. The number of nitrogens with zero attached hydrogens (tertiary/aromatic N) is 1. The van der Waals surface area contributed by atoms with E-state index in [9.17, 15) is 4.79 Å². The maximum Gasteiger partial charge on any atom is 0.194 e. The third kappa shape index (κ3) is 2.86. The molecule has 0 amide bonds. The minimum atomic E-state index is -0.0438. The molecular weight excluding hydrogens is 224 g/mol. The minimum Gasteiger partial charge on any atom is -0.336 e. The molecule has 0 bridgehead atoms. The summed E-state index contributed by atoms with van der Waals surface area (Å²) in [4.78, 5) is 18.3. The number of rotatable bonds is 4. The molecule has 0 radical (unpaired) electrons.